The van der Waals surface area contributed by atoms with Crippen LogP contribution in [0, 0.1) is 0 Å². The molecule has 0 fully saturated rings. The molecule has 3 aromatic carbocycles. The second-order valence-electron chi connectivity index (χ2n) is 6.87. The molecular weight excluding hydrogens is 446 g/mol. The van der Waals surface area contributed by atoms with E-state index in [9.17, 15) is 14.4 Å². The SMILES string of the molecule is CC(=O)Nc1ccc(Br)cc1NC(=O)Cn1c2ccccc2c(=O)c2ccccc21. The maximum Gasteiger partial charge on any atom is 0.244 e. The molecule has 0 saturated carbocycles. The zero-order valence-electron chi connectivity index (χ0n) is 16.1. The molecule has 30 heavy (non-hydrogen) atoms. The van der Waals surface area contributed by atoms with Gasteiger partial charge in [0.1, 0.15) is 6.54 Å². The van der Waals surface area contributed by atoms with Gasteiger partial charge < -0.3 is 15.2 Å². The Hall–Kier alpha value is -3.45. The summed E-state index contributed by atoms with van der Waals surface area (Å²) in [4.78, 5) is 37.3. The molecule has 0 bridgehead atoms. The van der Waals surface area contributed by atoms with Gasteiger partial charge in [0.25, 0.3) is 0 Å². The summed E-state index contributed by atoms with van der Waals surface area (Å²) in [5.41, 5.74) is 2.31. The predicted octanol–water partition coefficient (Wildman–Crippen LogP) is 4.51. The number of carbonyl (C=O) groups is 2. The van der Waals surface area contributed by atoms with E-state index in [1.54, 1.807) is 30.3 Å². The van der Waals surface area contributed by atoms with Crippen molar-refractivity contribution in [3.63, 3.8) is 0 Å². The molecule has 0 spiro atoms. The highest BCUT2D eigenvalue weighted by Crippen LogP contribution is 2.26. The molecule has 6 nitrogen and oxygen atoms in total. The van der Waals surface area contributed by atoms with Crippen molar-refractivity contribution in [2.24, 2.45) is 0 Å². The van der Waals surface area contributed by atoms with Crippen LogP contribution in [-0.2, 0) is 16.1 Å². The first-order valence-electron chi connectivity index (χ1n) is 9.31. The van der Waals surface area contributed by atoms with Crippen LogP contribution in [0.4, 0.5) is 11.4 Å². The van der Waals surface area contributed by atoms with E-state index in [0.29, 0.717) is 33.2 Å². The molecule has 0 unspecified atom stereocenters. The largest absolute Gasteiger partial charge is 0.331 e. The maximum absolute atomic E-state index is 13.0. The Morgan fingerprint density at radius 2 is 1.47 bits per heavy atom. The monoisotopic (exact) mass is 463 g/mol. The summed E-state index contributed by atoms with van der Waals surface area (Å²) in [5.74, 6) is -0.510. The normalized spacial score (nSPS) is 10.9. The minimum absolute atomic E-state index is 0.00727. The van der Waals surface area contributed by atoms with Gasteiger partial charge >= 0.3 is 0 Å². The van der Waals surface area contributed by atoms with Gasteiger partial charge in [-0.25, -0.2) is 0 Å². The van der Waals surface area contributed by atoms with Crippen molar-refractivity contribution >= 4 is 60.9 Å². The van der Waals surface area contributed by atoms with Crippen LogP contribution < -0.4 is 16.1 Å². The van der Waals surface area contributed by atoms with Crippen molar-refractivity contribution in [1.29, 1.82) is 0 Å². The van der Waals surface area contributed by atoms with Gasteiger partial charge in [0.15, 0.2) is 5.43 Å². The summed E-state index contributed by atoms with van der Waals surface area (Å²) in [6.45, 7) is 1.42. The van der Waals surface area contributed by atoms with Crippen LogP contribution in [-0.4, -0.2) is 16.4 Å². The summed E-state index contributed by atoms with van der Waals surface area (Å²) in [6.07, 6.45) is 0. The Kier molecular flexibility index (Phi) is 5.37. The molecule has 4 rings (SSSR count). The fourth-order valence-corrected chi connectivity index (χ4v) is 3.86. The summed E-state index contributed by atoms with van der Waals surface area (Å²) in [7, 11) is 0. The standard InChI is InChI=1S/C23H18BrN3O3/c1-14(28)25-18-11-10-15(24)12-19(18)26-22(29)13-27-20-8-4-2-6-16(20)23(30)17-7-3-5-9-21(17)27/h2-12H,13H2,1H3,(H,25,28)(H,26,29). The lowest BCUT2D eigenvalue weighted by Crippen LogP contribution is -2.22. The van der Waals surface area contributed by atoms with E-state index in [0.717, 1.165) is 4.47 Å². The number of rotatable bonds is 4. The Balaban J connectivity index is 1.76. The number of aromatic nitrogens is 1. The number of hydrogen-bond donors (Lipinski definition) is 2. The predicted molar refractivity (Wildman–Crippen MR) is 123 cm³/mol. The summed E-state index contributed by atoms with van der Waals surface area (Å²) < 4.78 is 2.60. The first kappa shape index (κ1) is 19.8. The van der Waals surface area contributed by atoms with E-state index in [-0.39, 0.29) is 23.8 Å². The van der Waals surface area contributed by atoms with Crippen LogP contribution >= 0.6 is 15.9 Å². The van der Waals surface area contributed by atoms with E-state index in [1.807, 2.05) is 41.0 Å². The van der Waals surface area contributed by atoms with E-state index < -0.39 is 0 Å². The molecule has 7 heteroatoms. The average Bonchev–Trinajstić information content (AvgIpc) is 2.73. The van der Waals surface area contributed by atoms with E-state index >= 15 is 0 Å². The maximum atomic E-state index is 13.0. The third-order valence-electron chi connectivity index (χ3n) is 4.75. The van der Waals surface area contributed by atoms with Gasteiger partial charge in [-0.15, -0.1) is 0 Å². The van der Waals surface area contributed by atoms with Crippen LogP contribution in [0.25, 0.3) is 21.8 Å². The van der Waals surface area contributed by atoms with Crippen LogP contribution in [0.1, 0.15) is 6.92 Å². The number of pyridine rings is 1. The highest BCUT2D eigenvalue weighted by Gasteiger charge is 2.14. The van der Waals surface area contributed by atoms with Gasteiger partial charge in [0.05, 0.1) is 22.4 Å². The molecule has 0 radical (unpaired) electrons. The summed E-state index contributed by atoms with van der Waals surface area (Å²) >= 11 is 3.39. The first-order valence-corrected chi connectivity index (χ1v) is 10.1. The topological polar surface area (TPSA) is 80.2 Å². The number of hydrogen-bond acceptors (Lipinski definition) is 3. The molecule has 1 heterocycles. The van der Waals surface area contributed by atoms with Gasteiger partial charge in [-0.2, -0.15) is 0 Å². The first-order chi connectivity index (χ1) is 14.4. The molecule has 150 valence electrons. The fraction of sp³-hybridized carbons (Fsp3) is 0.0870. The molecule has 0 atom stereocenters. The number of nitrogens with one attached hydrogen (secondary N) is 2. The number of halogens is 1. The Labute approximate surface area is 180 Å². The van der Waals surface area contributed by atoms with Crippen LogP contribution in [0.5, 0.6) is 0 Å². The number of carbonyl (C=O) groups excluding carboxylic acids is 2. The molecule has 0 aliphatic heterocycles. The average molecular weight is 464 g/mol. The Morgan fingerprint density at radius 1 is 0.867 bits per heavy atom. The number of nitrogens with zero attached hydrogens (tertiary/aromatic N) is 1. The van der Waals surface area contributed by atoms with E-state index in [4.69, 9.17) is 0 Å². The second kappa shape index (κ2) is 8.12. The van der Waals surface area contributed by atoms with E-state index in [2.05, 4.69) is 26.6 Å². The molecular formula is C23H18BrN3O3. The molecule has 0 aliphatic carbocycles. The number of para-hydroxylation sites is 2. The van der Waals surface area contributed by atoms with Crippen molar-refractivity contribution in [1.82, 2.24) is 4.57 Å². The van der Waals surface area contributed by atoms with Crippen molar-refractivity contribution in [3.05, 3.63) is 81.4 Å². The third kappa shape index (κ3) is 3.84. The van der Waals surface area contributed by atoms with Crippen molar-refractivity contribution in [2.75, 3.05) is 10.6 Å². The lowest BCUT2D eigenvalue weighted by molar-refractivity contribution is -0.117. The van der Waals surface area contributed by atoms with Crippen LogP contribution in [0.2, 0.25) is 0 Å². The molecule has 2 N–H and O–H groups in total. The minimum atomic E-state index is -0.279. The lowest BCUT2D eigenvalue weighted by atomic mass is 10.1. The molecule has 4 aromatic rings. The molecule has 2 amide bonds. The van der Waals surface area contributed by atoms with Crippen molar-refractivity contribution < 1.29 is 9.59 Å². The highest BCUT2D eigenvalue weighted by molar-refractivity contribution is 9.10. The van der Waals surface area contributed by atoms with Crippen LogP contribution in [0.3, 0.4) is 0 Å². The smallest absolute Gasteiger partial charge is 0.244 e. The van der Waals surface area contributed by atoms with Crippen molar-refractivity contribution in [3.8, 4) is 0 Å². The summed E-state index contributed by atoms with van der Waals surface area (Å²) in [5, 5.41) is 6.70. The molecule has 1 aromatic heterocycles. The van der Waals surface area contributed by atoms with E-state index in [1.165, 1.54) is 6.92 Å². The fourth-order valence-electron chi connectivity index (χ4n) is 3.50. The quantitative estimate of drug-likeness (QED) is 0.436. The highest BCUT2D eigenvalue weighted by atomic mass is 79.9. The number of benzene rings is 3. The van der Waals surface area contributed by atoms with Crippen molar-refractivity contribution in [2.45, 2.75) is 13.5 Å². The Bertz CT molecular complexity index is 1300. The summed E-state index contributed by atoms with van der Waals surface area (Å²) in [6, 6.07) is 19.7. The Morgan fingerprint density at radius 3 is 2.07 bits per heavy atom. The number of fused-ring (bicyclic) bond motifs is 2. The molecule has 0 saturated heterocycles. The van der Waals surface area contributed by atoms with Gasteiger partial charge in [-0.1, -0.05) is 40.2 Å². The second-order valence-corrected chi connectivity index (χ2v) is 7.78. The molecule has 0 aliphatic rings. The number of amides is 2. The zero-order valence-corrected chi connectivity index (χ0v) is 17.7. The third-order valence-corrected chi connectivity index (χ3v) is 5.24. The number of anilines is 2. The van der Waals surface area contributed by atoms with Gasteiger partial charge in [0.2, 0.25) is 11.8 Å². The van der Waals surface area contributed by atoms with Crippen LogP contribution in [0.15, 0.2) is 76.0 Å². The minimum Gasteiger partial charge on any atom is -0.331 e. The lowest BCUT2D eigenvalue weighted by Gasteiger charge is -2.16. The van der Waals surface area contributed by atoms with Gasteiger partial charge in [-0.3, -0.25) is 14.4 Å². The van der Waals surface area contributed by atoms with Gasteiger partial charge in [0, 0.05) is 22.2 Å². The zero-order chi connectivity index (χ0) is 21.3. The van der Waals surface area contributed by atoms with Gasteiger partial charge in [-0.05, 0) is 42.5 Å².